The molecule has 0 rings (SSSR count). The number of hydrogen-bond donors (Lipinski definition) is 0. The van der Waals surface area contributed by atoms with Crippen LogP contribution in [-0.2, 0) is 4.79 Å². The summed E-state index contributed by atoms with van der Waals surface area (Å²) < 4.78 is 0. The second-order valence-electron chi connectivity index (χ2n) is 1.31. The number of hydrogen-bond acceptors (Lipinski definition) is 1. The van der Waals surface area contributed by atoms with Gasteiger partial charge in [-0.1, -0.05) is 11.6 Å². The van der Waals surface area contributed by atoms with Crippen molar-refractivity contribution in [2.75, 3.05) is 0 Å². The minimum Gasteiger partial charge on any atom is -0.293 e. The molecule has 0 amide bonds. The van der Waals surface area contributed by atoms with Crippen molar-refractivity contribution in [3.05, 3.63) is 11.6 Å². The Morgan fingerprint density at radius 2 is 2.25 bits per heavy atom. The summed E-state index contributed by atoms with van der Waals surface area (Å²) in [5.74, 6) is -0.165. The predicted molar refractivity (Wildman–Crippen MR) is 35.3 cm³/mol. The van der Waals surface area contributed by atoms with Gasteiger partial charge in [0.2, 0.25) is 0 Å². The van der Waals surface area contributed by atoms with Gasteiger partial charge in [-0.2, -0.15) is 0 Å². The van der Waals surface area contributed by atoms with Crippen LogP contribution in [0.1, 0.15) is 6.92 Å². The molecule has 1 nitrogen and oxygen atoms in total. The van der Waals surface area contributed by atoms with Crippen molar-refractivity contribution in [1.82, 2.24) is 0 Å². The monoisotopic (exact) mass is 152 g/mol. The number of allylic oxidation sites excluding steroid dienone is 1. The van der Waals surface area contributed by atoms with Crippen molar-refractivity contribution in [1.29, 1.82) is 0 Å². The maximum atomic E-state index is 10.4. The van der Waals surface area contributed by atoms with Crippen LogP contribution in [-0.4, -0.2) is 11.2 Å². The molecule has 0 aromatic rings. The van der Waals surface area contributed by atoms with Gasteiger partial charge in [0, 0.05) is 5.54 Å². The summed E-state index contributed by atoms with van der Waals surface area (Å²) >= 11 is 10.4. The first-order chi connectivity index (χ1) is 3.68. The van der Waals surface area contributed by atoms with E-state index in [4.69, 9.17) is 23.2 Å². The highest BCUT2D eigenvalue weighted by molar-refractivity contribution is 6.34. The van der Waals surface area contributed by atoms with E-state index in [0.29, 0.717) is 0 Å². The van der Waals surface area contributed by atoms with Crippen molar-refractivity contribution in [2.24, 2.45) is 0 Å². The van der Waals surface area contributed by atoms with E-state index in [9.17, 15) is 4.79 Å². The Kier molecular flexibility index (Phi) is 3.92. The van der Waals surface area contributed by atoms with Gasteiger partial charge in [-0.3, -0.25) is 4.79 Å². The summed E-state index contributed by atoms with van der Waals surface area (Å²) in [4.78, 5) is 10.4. The fraction of sp³-hybridized carbons (Fsp3) is 0.400. The first-order valence-electron chi connectivity index (χ1n) is 2.13. The third kappa shape index (κ3) is 3.05. The van der Waals surface area contributed by atoms with Crippen molar-refractivity contribution >= 4 is 29.0 Å². The summed E-state index contributed by atoms with van der Waals surface area (Å²) in [6, 6.07) is 0. The molecule has 0 saturated carbocycles. The third-order valence-corrected chi connectivity index (χ3v) is 0.960. The molecule has 0 aromatic carbocycles. The second kappa shape index (κ2) is 3.93. The molecule has 0 N–H and O–H groups in total. The van der Waals surface area contributed by atoms with Gasteiger partial charge in [0.1, 0.15) is 0 Å². The molecule has 8 heavy (non-hydrogen) atoms. The highest BCUT2D eigenvalue weighted by Crippen LogP contribution is 1.96. The lowest BCUT2D eigenvalue weighted by Gasteiger charge is -1.90. The van der Waals surface area contributed by atoms with Crippen LogP contribution < -0.4 is 0 Å². The molecule has 0 aromatic heterocycles. The van der Waals surface area contributed by atoms with Crippen LogP contribution in [0.15, 0.2) is 11.6 Å². The SMILES string of the molecule is CC(Cl)C(=O)C=CCl. The van der Waals surface area contributed by atoms with E-state index in [0.717, 1.165) is 5.54 Å². The minimum atomic E-state index is -0.468. The van der Waals surface area contributed by atoms with Gasteiger partial charge in [-0.25, -0.2) is 0 Å². The highest BCUT2D eigenvalue weighted by Gasteiger charge is 2.02. The maximum Gasteiger partial charge on any atom is 0.174 e. The van der Waals surface area contributed by atoms with Gasteiger partial charge in [0.25, 0.3) is 0 Å². The summed E-state index contributed by atoms with van der Waals surface area (Å²) in [6.07, 6.45) is 1.24. The van der Waals surface area contributed by atoms with Crippen molar-refractivity contribution in [2.45, 2.75) is 12.3 Å². The maximum absolute atomic E-state index is 10.4. The van der Waals surface area contributed by atoms with E-state index in [2.05, 4.69) is 0 Å². The minimum absolute atomic E-state index is 0.165. The Bertz CT molecular complexity index is 107. The summed E-state index contributed by atoms with van der Waals surface area (Å²) in [7, 11) is 0. The Labute approximate surface area is 58.3 Å². The zero-order chi connectivity index (χ0) is 6.57. The molecule has 0 saturated heterocycles. The van der Waals surface area contributed by atoms with Crippen LogP contribution in [0, 0.1) is 0 Å². The van der Waals surface area contributed by atoms with Crippen molar-refractivity contribution < 1.29 is 4.79 Å². The number of ketones is 1. The van der Waals surface area contributed by atoms with E-state index in [1.807, 2.05) is 0 Å². The number of halogens is 2. The Morgan fingerprint density at radius 3 is 2.38 bits per heavy atom. The average Bonchev–Trinajstić information content (AvgIpc) is 1.67. The molecule has 1 atom stereocenters. The van der Waals surface area contributed by atoms with Crippen LogP contribution in [0.2, 0.25) is 0 Å². The molecule has 0 radical (unpaired) electrons. The standard InChI is InChI=1S/C5H6Cl2O/c1-4(7)5(8)2-3-6/h2-4H,1H3. The summed E-state index contributed by atoms with van der Waals surface area (Å²) in [5.41, 5.74) is 1.15. The lowest BCUT2D eigenvalue weighted by Crippen LogP contribution is -2.04. The molecule has 0 aliphatic carbocycles. The number of carbonyl (C=O) groups is 1. The Hall–Kier alpha value is -0.0100. The second-order valence-corrected chi connectivity index (χ2v) is 2.22. The summed E-state index contributed by atoms with van der Waals surface area (Å²) in [5, 5.41) is -0.468. The Balaban J connectivity index is 3.66. The highest BCUT2D eigenvalue weighted by atomic mass is 35.5. The van der Waals surface area contributed by atoms with E-state index < -0.39 is 5.38 Å². The van der Waals surface area contributed by atoms with Gasteiger partial charge in [0.15, 0.2) is 5.78 Å². The van der Waals surface area contributed by atoms with Gasteiger partial charge >= 0.3 is 0 Å². The smallest absolute Gasteiger partial charge is 0.174 e. The molecule has 0 bridgehead atoms. The van der Waals surface area contributed by atoms with Crippen LogP contribution in [0.25, 0.3) is 0 Å². The van der Waals surface area contributed by atoms with E-state index >= 15 is 0 Å². The van der Waals surface area contributed by atoms with Crippen molar-refractivity contribution in [3.8, 4) is 0 Å². The van der Waals surface area contributed by atoms with Crippen LogP contribution >= 0.6 is 23.2 Å². The molecule has 46 valence electrons. The van der Waals surface area contributed by atoms with Crippen LogP contribution in [0.5, 0.6) is 0 Å². The largest absolute Gasteiger partial charge is 0.293 e. The lowest BCUT2D eigenvalue weighted by atomic mass is 10.3. The molecular formula is C5H6Cl2O. The quantitative estimate of drug-likeness (QED) is 0.437. The molecular weight excluding hydrogens is 147 g/mol. The zero-order valence-electron chi connectivity index (χ0n) is 4.40. The number of rotatable bonds is 2. The molecule has 0 fully saturated rings. The zero-order valence-corrected chi connectivity index (χ0v) is 5.91. The van der Waals surface area contributed by atoms with E-state index in [-0.39, 0.29) is 5.78 Å². The molecule has 0 heterocycles. The topological polar surface area (TPSA) is 17.1 Å². The normalized spacial score (nSPS) is 14.4. The van der Waals surface area contributed by atoms with Gasteiger partial charge in [-0.05, 0) is 13.0 Å². The first kappa shape index (κ1) is 7.99. The van der Waals surface area contributed by atoms with E-state index in [1.165, 1.54) is 6.08 Å². The number of alkyl halides is 1. The fourth-order valence-electron chi connectivity index (χ4n) is 0.195. The molecule has 0 aliphatic heterocycles. The van der Waals surface area contributed by atoms with Crippen LogP contribution in [0.4, 0.5) is 0 Å². The average molecular weight is 153 g/mol. The molecule has 1 unspecified atom stereocenters. The van der Waals surface area contributed by atoms with Crippen LogP contribution in [0.3, 0.4) is 0 Å². The molecule has 0 spiro atoms. The summed E-state index contributed by atoms with van der Waals surface area (Å²) in [6.45, 7) is 1.60. The molecule has 3 heteroatoms. The van der Waals surface area contributed by atoms with Gasteiger partial charge < -0.3 is 0 Å². The van der Waals surface area contributed by atoms with Gasteiger partial charge in [0.05, 0.1) is 5.38 Å². The fourth-order valence-corrected chi connectivity index (χ4v) is 0.392. The lowest BCUT2D eigenvalue weighted by molar-refractivity contribution is -0.114. The third-order valence-electron chi connectivity index (χ3n) is 0.619. The van der Waals surface area contributed by atoms with E-state index in [1.54, 1.807) is 6.92 Å². The van der Waals surface area contributed by atoms with Gasteiger partial charge in [-0.15, -0.1) is 11.6 Å². The Morgan fingerprint density at radius 1 is 1.75 bits per heavy atom. The first-order valence-corrected chi connectivity index (χ1v) is 3.00. The number of carbonyl (C=O) groups excluding carboxylic acids is 1. The predicted octanol–water partition coefficient (Wildman–Crippen LogP) is 1.94. The van der Waals surface area contributed by atoms with Crippen molar-refractivity contribution in [3.63, 3.8) is 0 Å². The molecule has 0 aliphatic rings.